The number of fused-ring (bicyclic) bond motifs is 1. The van der Waals surface area contributed by atoms with Crippen molar-refractivity contribution in [3.63, 3.8) is 0 Å². The Balaban J connectivity index is 2.23. The van der Waals surface area contributed by atoms with Crippen molar-refractivity contribution in [2.24, 2.45) is 5.16 Å². The maximum atomic E-state index is 11.8. The van der Waals surface area contributed by atoms with E-state index in [-0.39, 0.29) is 30.0 Å². The molecule has 1 fully saturated rings. The van der Waals surface area contributed by atoms with Crippen LogP contribution in [0.3, 0.4) is 0 Å². The molecule has 0 aromatic rings. The van der Waals surface area contributed by atoms with Gasteiger partial charge >= 0.3 is 5.97 Å². The van der Waals surface area contributed by atoms with E-state index in [9.17, 15) is 19.5 Å². The van der Waals surface area contributed by atoms with Gasteiger partial charge in [0.05, 0.1) is 18.4 Å². The summed E-state index contributed by atoms with van der Waals surface area (Å²) in [5.41, 5.74) is 0.200. The number of thioether (sulfide) groups is 1. The average Bonchev–Trinajstić information content (AvgIpc) is 2.48. The number of carboxylic acid groups (broad SMARTS) is 1. The fraction of sp³-hybridized carbons (Fsp3) is 0.538. The molecule has 2 N–H and O–H groups in total. The molecule has 2 aliphatic rings. The van der Waals surface area contributed by atoms with Crippen molar-refractivity contribution >= 4 is 35.8 Å². The molecule has 0 aliphatic carbocycles. The summed E-state index contributed by atoms with van der Waals surface area (Å²) in [6.07, 6.45) is 1.22. The van der Waals surface area contributed by atoms with Crippen molar-refractivity contribution in [3.8, 4) is 0 Å². The maximum absolute atomic E-state index is 11.8. The first kappa shape index (κ1) is 17.3. The van der Waals surface area contributed by atoms with E-state index in [1.54, 1.807) is 6.92 Å². The van der Waals surface area contributed by atoms with Gasteiger partial charge in [-0.05, 0) is 6.92 Å². The molecule has 23 heavy (non-hydrogen) atoms. The molecule has 1 saturated heterocycles. The Labute approximate surface area is 136 Å². The Bertz CT molecular complexity index is 576. The van der Waals surface area contributed by atoms with Crippen molar-refractivity contribution in [2.75, 3.05) is 20.3 Å². The normalized spacial score (nSPS) is 23.6. The van der Waals surface area contributed by atoms with Gasteiger partial charge in [-0.3, -0.25) is 14.5 Å². The molecule has 2 amide bonds. The molecule has 9 nitrogen and oxygen atoms in total. The lowest BCUT2D eigenvalue weighted by atomic mass is 10.1. The van der Waals surface area contributed by atoms with E-state index in [1.165, 1.54) is 23.8 Å². The lowest BCUT2D eigenvalue weighted by molar-refractivity contribution is -0.146. The second kappa shape index (κ2) is 7.47. The van der Waals surface area contributed by atoms with Crippen LogP contribution in [0.25, 0.3) is 0 Å². The van der Waals surface area contributed by atoms with Crippen LogP contribution in [0.1, 0.15) is 13.3 Å². The number of carboxylic acids is 1. The number of nitrogens with zero attached hydrogens (tertiary/aromatic N) is 2. The Morgan fingerprint density at radius 2 is 2.30 bits per heavy atom. The minimum atomic E-state index is -1.22. The highest BCUT2D eigenvalue weighted by molar-refractivity contribution is 8.00. The second-order valence-corrected chi connectivity index (χ2v) is 6.00. The highest BCUT2D eigenvalue weighted by atomic mass is 32.2. The van der Waals surface area contributed by atoms with Crippen LogP contribution >= 0.6 is 11.8 Å². The molecule has 0 spiro atoms. The number of oxime groups is 1. The van der Waals surface area contributed by atoms with Gasteiger partial charge in [0, 0.05) is 12.7 Å². The molecule has 0 bridgehead atoms. The second-order valence-electron chi connectivity index (χ2n) is 4.71. The number of carbonyl (C=O) groups is 3. The van der Waals surface area contributed by atoms with Crippen LogP contribution in [0.4, 0.5) is 0 Å². The molecule has 2 rings (SSSR count). The number of nitrogens with one attached hydrogen (secondary N) is 1. The molecule has 2 heterocycles. The maximum Gasteiger partial charge on any atom is 0.352 e. The average molecular weight is 343 g/mol. The fourth-order valence-corrected chi connectivity index (χ4v) is 3.70. The minimum Gasteiger partial charge on any atom is -0.477 e. The summed E-state index contributed by atoms with van der Waals surface area (Å²) in [6.45, 7) is 2.05. The lowest BCUT2D eigenvalue weighted by Crippen LogP contribution is -2.57. The van der Waals surface area contributed by atoms with Gasteiger partial charge in [-0.1, -0.05) is 5.16 Å². The molecule has 126 valence electrons. The smallest absolute Gasteiger partial charge is 0.352 e. The molecule has 2 aliphatic heterocycles. The van der Waals surface area contributed by atoms with E-state index in [0.717, 1.165) is 6.21 Å². The van der Waals surface area contributed by atoms with Crippen molar-refractivity contribution < 1.29 is 29.1 Å². The monoisotopic (exact) mass is 343 g/mol. The van der Waals surface area contributed by atoms with Crippen molar-refractivity contribution in [3.05, 3.63) is 11.3 Å². The van der Waals surface area contributed by atoms with Crippen LogP contribution in [0.2, 0.25) is 0 Å². The highest BCUT2D eigenvalue weighted by Crippen LogP contribution is 2.43. The SMILES string of the molecule is CCON=CC(=O)NC1S[C@@H]2CC(=O)N2C(C(=O)O)=C1COC. The Hall–Kier alpha value is -2.07. The van der Waals surface area contributed by atoms with Gasteiger partial charge in [-0.25, -0.2) is 4.79 Å². The summed E-state index contributed by atoms with van der Waals surface area (Å²) in [7, 11) is 1.41. The first-order valence-corrected chi connectivity index (χ1v) is 7.82. The third-order valence-corrected chi connectivity index (χ3v) is 4.58. The van der Waals surface area contributed by atoms with Gasteiger partial charge in [0.1, 0.15) is 23.9 Å². The van der Waals surface area contributed by atoms with Gasteiger partial charge in [0.25, 0.3) is 5.91 Å². The quantitative estimate of drug-likeness (QED) is 0.371. The zero-order valence-electron chi connectivity index (χ0n) is 12.6. The Kier molecular flexibility index (Phi) is 5.61. The van der Waals surface area contributed by atoms with Gasteiger partial charge in [0.2, 0.25) is 5.91 Å². The Morgan fingerprint density at radius 1 is 1.57 bits per heavy atom. The summed E-state index contributed by atoms with van der Waals surface area (Å²) < 4.78 is 5.03. The van der Waals surface area contributed by atoms with E-state index >= 15 is 0 Å². The molecule has 2 atom stereocenters. The third-order valence-electron chi connectivity index (χ3n) is 3.21. The van der Waals surface area contributed by atoms with Crippen LogP contribution < -0.4 is 5.32 Å². The van der Waals surface area contributed by atoms with E-state index in [0.29, 0.717) is 12.2 Å². The summed E-state index contributed by atoms with van der Waals surface area (Å²) in [5, 5.41) is 14.6. The third kappa shape index (κ3) is 3.64. The molecule has 0 radical (unpaired) electrons. The summed E-state index contributed by atoms with van der Waals surface area (Å²) in [4.78, 5) is 41.0. The molecule has 0 aromatic heterocycles. The predicted molar refractivity (Wildman–Crippen MR) is 81.4 cm³/mol. The summed E-state index contributed by atoms with van der Waals surface area (Å²) in [5.74, 6) is -2.00. The number of methoxy groups -OCH3 is 1. The van der Waals surface area contributed by atoms with E-state index in [2.05, 4.69) is 10.5 Å². The van der Waals surface area contributed by atoms with Crippen LogP contribution in [0, 0.1) is 0 Å². The lowest BCUT2D eigenvalue weighted by Gasteiger charge is -2.46. The number of carbonyl (C=O) groups excluding carboxylic acids is 2. The van der Waals surface area contributed by atoms with E-state index in [1.807, 2.05) is 0 Å². The van der Waals surface area contributed by atoms with Gasteiger partial charge < -0.3 is 20.0 Å². The molecule has 0 saturated carbocycles. The van der Waals surface area contributed by atoms with Crippen LogP contribution in [0.15, 0.2) is 16.4 Å². The molecule has 1 unspecified atom stereocenters. The van der Waals surface area contributed by atoms with Crippen molar-refractivity contribution in [2.45, 2.75) is 24.1 Å². The van der Waals surface area contributed by atoms with Gasteiger partial charge in [-0.2, -0.15) is 0 Å². The zero-order chi connectivity index (χ0) is 17.0. The molecule has 10 heteroatoms. The molecular formula is C13H17N3O6S. The van der Waals surface area contributed by atoms with E-state index in [4.69, 9.17) is 9.57 Å². The molecular weight excluding hydrogens is 326 g/mol. The van der Waals surface area contributed by atoms with Gasteiger partial charge in [0.15, 0.2) is 0 Å². The number of rotatable bonds is 7. The number of aliphatic carboxylic acids is 1. The number of hydrogen-bond donors (Lipinski definition) is 2. The van der Waals surface area contributed by atoms with E-state index < -0.39 is 17.3 Å². The zero-order valence-corrected chi connectivity index (χ0v) is 13.5. The number of hydrogen-bond acceptors (Lipinski definition) is 7. The number of amides is 2. The summed E-state index contributed by atoms with van der Waals surface area (Å²) >= 11 is 1.29. The van der Waals surface area contributed by atoms with Crippen molar-refractivity contribution in [1.29, 1.82) is 0 Å². The van der Waals surface area contributed by atoms with Crippen LogP contribution in [0.5, 0.6) is 0 Å². The molecule has 0 aromatic carbocycles. The topological polar surface area (TPSA) is 118 Å². The van der Waals surface area contributed by atoms with Crippen LogP contribution in [-0.2, 0) is 24.0 Å². The Morgan fingerprint density at radius 3 is 2.87 bits per heavy atom. The minimum absolute atomic E-state index is 0.0152. The standard InChI is InChI=1S/C13H17N3O6S/c1-3-22-14-5-8(17)15-12-7(6-21-2)11(13(19)20)16-9(18)4-10(16)23-12/h5,10,12H,3-4,6H2,1-2H3,(H,15,17)(H,19,20)/t10-,12?/m1/s1. The van der Waals surface area contributed by atoms with Crippen molar-refractivity contribution in [1.82, 2.24) is 10.2 Å². The largest absolute Gasteiger partial charge is 0.477 e. The van der Waals surface area contributed by atoms with Crippen LogP contribution in [-0.4, -0.2) is 65.1 Å². The first-order chi connectivity index (χ1) is 11.0. The first-order valence-electron chi connectivity index (χ1n) is 6.88. The number of ether oxygens (including phenoxy) is 1. The van der Waals surface area contributed by atoms with Gasteiger partial charge in [-0.15, -0.1) is 11.8 Å². The number of β-lactam (4-membered cyclic amide) rings is 1. The summed E-state index contributed by atoms with van der Waals surface area (Å²) in [6, 6.07) is 0. The highest BCUT2D eigenvalue weighted by Gasteiger charge is 2.48. The fourth-order valence-electron chi connectivity index (χ4n) is 2.27. The predicted octanol–water partition coefficient (Wildman–Crippen LogP) is -0.259.